The molecule has 7 heterocycles. The van der Waals surface area contributed by atoms with Gasteiger partial charge in [-0.1, -0.05) is 60.1 Å². The molecule has 104 heavy (non-hydrogen) atoms. The molecule has 7 saturated heterocycles. The zero-order chi connectivity index (χ0) is 75.7. The first-order valence-corrected chi connectivity index (χ1v) is 36.9. The molecule has 12 aliphatic rings. The van der Waals surface area contributed by atoms with Gasteiger partial charge in [0.2, 0.25) is 6.29 Å². The molecule has 7 aliphatic heterocycles. The zero-order valence-corrected chi connectivity index (χ0v) is 60.2. The molecule has 0 radical (unpaired) electrons. The minimum absolute atomic E-state index is 0.0702. The van der Waals surface area contributed by atoms with E-state index in [1.54, 1.807) is 0 Å². The van der Waals surface area contributed by atoms with Gasteiger partial charge in [-0.3, -0.25) is 4.79 Å². The molecule has 19 N–H and O–H groups in total. The first-order valence-electron chi connectivity index (χ1n) is 36.9. The van der Waals surface area contributed by atoms with Gasteiger partial charge in [0.25, 0.3) is 0 Å². The van der Waals surface area contributed by atoms with E-state index in [0.717, 1.165) is 19.3 Å². The lowest BCUT2D eigenvalue weighted by Crippen LogP contribution is -2.66. The van der Waals surface area contributed by atoms with Crippen molar-refractivity contribution in [2.45, 2.75) is 335 Å². The molecule has 34 nitrogen and oxygen atoms in total. The van der Waals surface area contributed by atoms with Crippen LogP contribution in [0.15, 0.2) is 11.6 Å². The van der Waals surface area contributed by atoms with Gasteiger partial charge in [-0.05, 0) is 123 Å². The Hall–Kier alpha value is -2.07. The Morgan fingerprint density at radius 1 is 0.462 bits per heavy atom. The molecular weight excluding hydrogens is 1380 g/mol. The molecule has 0 amide bonds. The number of carbonyl (C=O) groups excluding carboxylic acids is 1. The van der Waals surface area contributed by atoms with Crippen LogP contribution in [-0.2, 0) is 71.1 Å². The molecule has 5 aliphatic carbocycles. The highest BCUT2D eigenvalue weighted by molar-refractivity contribution is 5.79. The maximum Gasteiger partial charge on any atom is 0.315 e. The van der Waals surface area contributed by atoms with Crippen LogP contribution in [0, 0.1) is 50.2 Å². The number of aliphatic hydroxyl groups excluding tert-OH is 19. The summed E-state index contributed by atoms with van der Waals surface area (Å²) < 4.78 is 83.2. The number of ether oxygens (including phenoxy) is 14. The number of hydrogen-bond donors (Lipinski definition) is 19. The van der Waals surface area contributed by atoms with E-state index in [1.807, 2.05) is 0 Å². The van der Waals surface area contributed by atoms with Crippen molar-refractivity contribution in [3.63, 3.8) is 0 Å². The van der Waals surface area contributed by atoms with Crippen molar-refractivity contribution >= 4 is 5.97 Å². The third-order valence-corrected chi connectivity index (χ3v) is 26.9. The molecule has 0 aromatic carbocycles. The fraction of sp³-hybridized carbons (Fsp3) is 0.957. The zero-order valence-electron chi connectivity index (χ0n) is 60.2. The number of hydrogen-bond acceptors (Lipinski definition) is 34. The SMILES string of the molecule is C[C@@H]1O[C@@H](O[C@H]2[C@H](O[C@H]3CC[C@]4(C)[C@H]5CC=C6[C@@H]7CC(C)(C)CC[C@]7(C(=O)O[C@H]7O[C@H](CO[C@H]8O[C@H](CO)[C@@H](O[C@H]9O[C@H](C)[C@@H](O)[C@H](O)[C@@H]9O)[C@H](O)[C@H]8O)[C@@H](O)[C@H](O)[C@H]7O)CC[C@@]6(C)[C@]5(C)CC[C@H]4C3(C)C)OC[C@H](O)[C@@H]2O)[C@H](O)[C@H](O[C@@H]2OC[C@@H](O[C@@H]3O[C@H](CO)[C@@H](O)[C@H](O)[C@H]3O)[C@@H](O)[C@H]2O)[C@H]1O. The van der Waals surface area contributed by atoms with Gasteiger partial charge in [-0.15, -0.1) is 0 Å². The first-order chi connectivity index (χ1) is 48.8. The summed E-state index contributed by atoms with van der Waals surface area (Å²) in [5, 5.41) is 207. The van der Waals surface area contributed by atoms with E-state index in [0.29, 0.717) is 44.9 Å². The van der Waals surface area contributed by atoms with Crippen molar-refractivity contribution in [3.8, 4) is 0 Å². The number of esters is 1. The average molecular weight is 1500 g/mol. The molecule has 0 unspecified atom stereocenters. The lowest BCUT2D eigenvalue weighted by Gasteiger charge is -2.71. The summed E-state index contributed by atoms with van der Waals surface area (Å²) in [5.41, 5.74) is -1.63. The van der Waals surface area contributed by atoms with Crippen molar-refractivity contribution in [2.24, 2.45) is 50.2 Å². The Balaban J connectivity index is 0.696. The highest BCUT2D eigenvalue weighted by atomic mass is 16.8. The summed E-state index contributed by atoms with van der Waals surface area (Å²) in [7, 11) is 0. The molecule has 34 heteroatoms. The predicted octanol–water partition coefficient (Wildman–Crippen LogP) is -5.23. The molecule has 41 atom stereocenters. The standard InChI is InChI=1S/C70H114O34/c1-26-38(74)44(80)49(85)59(94-26)101-54-32(22-72)97-57(52(88)47(54)83)92-24-33-42(78)46(82)51(87)61(99-33)104-64(90)70-18-16-65(3,4)20-29(70)28-10-11-36-67(7)14-13-37(66(5,6)35(67)12-15-69(36,9)68(28,8)17-19-70)100-63-56(40(76)30(73)23-91-63)103-62-53(89)55(39(75)27(2)95-62)102-58-48(84)43(79)34(25-93-58)98-60-50(86)45(81)41(77)31(21-71)96-60/h10,26-27,29-63,71-89H,11-25H2,1-9H3/t26-,27+,29+,30+,31-,32-,33-,34-,35+,36-,37+,38-,39+,40+,41-,42-,43-,44+,45+,46+,47-,48-,49+,50-,51-,52-,53-,54-,55-,56-,57+,58+,59-,60+,61-,62+,63+,67+,68-,69-,70+/m1/s1. The second-order valence-electron chi connectivity index (χ2n) is 33.8. The Labute approximate surface area is 602 Å². The van der Waals surface area contributed by atoms with E-state index in [4.69, 9.17) is 66.3 Å². The van der Waals surface area contributed by atoms with Crippen molar-refractivity contribution < 1.29 is 168 Å². The smallest absolute Gasteiger partial charge is 0.315 e. The summed E-state index contributed by atoms with van der Waals surface area (Å²) in [6, 6.07) is 0. The van der Waals surface area contributed by atoms with Gasteiger partial charge in [0.1, 0.15) is 146 Å². The quantitative estimate of drug-likeness (QED) is 0.0368. The molecule has 0 aromatic heterocycles. The van der Waals surface area contributed by atoms with E-state index in [2.05, 4.69) is 54.5 Å². The Bertz CT molecular complexity index is 2950. The minimum Gasteiger partial charge on any atom is -0.432 e. The topological polar surface area (TPSA) is 531 Å². The van der Waals surface area contributed by atoms with Crippen LogP contribution in [0.3, 0.4) is 0 Å². The average Bonchev–Trinajstić information content (AvgIpc) is 0.675. The van der Waals surface area contributed by atoms with Gasteiger partial charge in [0.15, 0.2) is 37.7 Å². The molecule has 598 valence electrons. The van der Waals surface area contributed by atoms with Crippen molar-refractivity contribution in [2.75, 3.05) is 33.0 Å². The molecule has 12 rings (SSSR count). The molecule has 4 saturated carbocycles. The number of aliphatic hydroxyl groups is 19. The minimum atomic E-state index is -1.92. The number of rotatable bonds is 17. The molecule has 0 bridgehead atoms. The Kier molecular flexibility index (Phi) is 24.1. The largest absolute Gasteiger partial charge is 0.432 e. The van der Waals surface area contributed by atoms with Gasteiger partial charge in [0.05, 0.1) is 56.8 Å². The molecule has 0 aromatic rings. The van der Waals surface area contributed by atoms with Crippen LogP contribution in [0.25, 0.3) is 0 Å². The van der Waals surface area contributed by atoms with Crippen molar-refractivity contribution in [1.29, 1.82) is 0 Å². The lowest BCUT2D eigenvalue weighted by molar-refractivity contribution is -0.382. The third kappa shape index (κ3) is 14.3. The van der Waals surface area contributed by atoms with Gasteiger partial charge < -0.3 is 163 Å². The molecule has 11 fully saturated rings. The monoisotopic (exact) mass is 1500 g/mol. The second-order valence-corrected chi connectivity index (χ2v) is 33.8. The van der Waals surface area contributed by atoms with Crippen molar-refractivity contribution in [1.82, 2.24) is 0 Å². The van der Waals surface area contributed by atoms with E-state index < -0.39 is 257 Å². The van der Waals surface area contributed by atoms with E-state index in [-0.39, 0.29) is 40.6 Å². The lowest BCUT2D eigenvalue weighted by atomic mass is 9.33. The van der Waals surface area contributed by atoms with Crippen LogP contribution < -0.4 is 0 Å². The highest BCUT2D eigenvalue weighted by Gasteiger charge is 2.71. The van der Waals surface area contributed by atoms with Gasteiger partial charge in [-0.25, -0.2) is 0 Å². The molecular formula is C70H114O34. The van der Waals surface area contributed by atoms with Gasteiger partial charge in [0, 0.05) is 0 Å². The Morgan fingerprint density at radius 2 is 1.01 bits per heavy atom. The summed E-state index contributed by atoms with van der Waals surface area (Å²) in [5.74, 6) is -0.720. The number of fused-ring (bicyclic) bond motifs is 7. The molecule has 0 spiro atoms. The summed E-state index contributed by atoms with van der Waals surface area (Å²) >= 11 is 0. The summed E-state index contributed by atoms with van der Waals surface area (Å²) in [6.45, 7) is 15.6. The fourth-order valence-corrected chi connectivity index (χ4v) is 20.2. The second kappa shape index (κ2) is 30.8. The fourth-order valence-electron chi connectivity index (χ4n) is 20.2. The maximum absolute atomic E-state index is 15.4. The maximum atomic E-state index is 15.4. The first kappa shape index (κ1) is 81.4. The van der Waals surface area contributed by atoms with Gasteiger partial charge in [-0.2, -0.15) is 0 Å². The van der Waals surface area contributed by atoms with E-state index in [1.165, 1.54) is 19.4 Å². The van der Waals surface area contributed by atoms with Crippen LogP contribution in [-0.4, -0.2) is 345 Å². The normalized spacial score (nSPS) is 54.7. The summed E-state index contributed by atoms with van der Waals surface area (Å²) in [6.07, 6.45) is -45.9. The predicted molar refractivity (Wildman–Crippen MR) is 346 cm³/mol. The number of allylic oxidation sites excluding steroid dienone is 2. The third-order valence-electron chi connectivity index (χ3n) is 26.9. The number of carbonyl (C=O) groups is 1. The van der Waals surface area contributed by atoms with Crippen LogP contribution >= 0.6 is 0 Å². The van der Waals surface area contributed by atoms with Crippen LogP contribution in [0.4, 0.5) is 0 Å². The van der Waals surface area contributed by atoms with Crippen molar-refractivity contribution in [3.05, 3.63) is 11.6 Å². The van der Waals surface area contributed by atoms with Crippen LogP contribution in [0.5, 0.6) is 0 Å². The van der Waals surface area contributed by atoms with E-state index in [9.17, 15) is 97.0 Å². The van der Waals surface area contributed by atoms with Gasteiger partial charge >= 0.3 is 5.97 Å². The van der Waals surface area contributed by atoms with Crippen LogP contribution in [0.2, 0.25) is 0 Å². The Morgan fingerprint density at radius 3 is 1.68 bits per heavy atom. The summed E-state index contributed by atoms with van der Waals surface area (Å²) in [4.78, 5) is 15.4. The van der Waals surface area contributed by atoms with E-state index >= 15 is 4.79 Å². The highest BCUT2D eigenvalue weighted by Crippen LogP contribution is 2.76. The van der Waals surface area contributed by atoms with Crippen LogP contribution in [0.1, 0.15) is 127 Å².